The molecule has 0 bridgehead atoms. The standard InChI is InChI=1S/C18H16ClN3O3/c1-22-14-7-5-4-6-12(14)16(18(22)23)21-20-10-11-8-13(19)17(25-3)15(9-11)24-2/h4-10H,1-3H3/b20-10-,21-16-. The SMILES string of the molecule is COc1cc(/C=N\N=C2/C(=O)N(C)c3ccccc32)cc(Cl)c1OC. The molecule has 0 saturated carbocycles. The normalized spacial score (nSPS) is 15.1. The van der Waals surface area contributed by atoms with Crippen LogP contribution in [0.5, 0.6) is 11.5 Å². The first-order chi connectivity index (χ1) is 12.1. The van der Waals surface area contributed by atoms with Gasteiger partial charge in [-0.25, -0.2) is 0 Å². The summed E-state index contributed by atoms with van der Waals surface area (Å²) in [4.78, 5) is 13.9. The topological polar surface area (TPSA) is 63.5 Å². The first-order valence-corrected chi connectivity index (χ1v) is 7.84. The van der Waals surface area contributed by atoms with Gasteiger partial charge in [0.05, 0.1) is 31.1 Å². The summed E-state index contributed by atoms with van der Waals surface area (Å²) in [5.74, 6) is 0.754. The van der Waals surface area contributed by atoms with Crippen molar-refractivity contribution in [3.8, 4) is 11.5 Å². The number of hydrogen-bond donors (Lipinski definition) is 0. The summed E-state index contributed by atoms with van der Waals surface area (Å²) in [5.41, 5.74) is 2.56. The van der Waals surface area contributed by atoms with Gasteiger partial charge in [-0.2, -0.15) is 5.10 Å². The summed E-state index contributed by atoms with van der Waals surface area (Å²) < 4.78 is 10.4. The van der Waals surface area contributed by atoms with E-state index in [9.17, 15) is 4.79 Å². The quantitative estimate of drug-likeness (QED) is 0.623. The Morgan fingerprint density at radius 1 is 1.16 bits per heavy atom. The third-order valence-corrected chi connectivity index (χ3v) is 4.13. The molecule has 25 heavy (non-hydrogen) atoms. The number of carbonyl (C=O) groups is 1. The molecule has 128 valence electrons. The van der Waals surface area contributed by atoms with E-state index >= 15 is 0 Å². The van der Waals surface area contributed by atoms with E-state index in [1.165, 1.54) is 20.4 Å². The molecule has 0 spiro atoms. The van der Waals surface area contributed by atoms with Crippen LogP contribution in [-0.4, -0.2) is 39.1 Å². The minimum Gasteiger partial charge on any atom is -0.493 e. The van der Waals surface area contributed by atoms with E-state index in [-0.39, 0.29) is 5.91 Å². The van der Waals surface area contributed by atoms with E-state index < -0.39 is 0 Å². The zero-order valence-corrected chi connectivity index (χ0v) is 14.7. The molecule has 2 aromatic carbocycles. The lowest BCUT2D eigenvalue weighted by Gasteiger charge is -2.09. The highest BCUT2D eigenvalue weighted by Gasteiger charge is 2.30. The molecule has 6 nitrogen and oxygen atoms in total. The maximum absolute atomic E-state index is 12.3. The molecule has 1 aliphatic rings. The van der Waals surface area contributed by atoms with Crippen LogP contribution >= 0.6 is 11.6 Å². The summed E-state index contributed by atoms with van der Waals surface area (Å²) in [6.45, 7) is 0. The van der Waals surface area contributed by atoms with Crippen molar-refractivity contribution >= 4 is 35.1 Å². The minimum atomic E-state index is -0.191. The van der Waals surface area contributed by atoms with Gasteiger partial charge in [0, 0.05) is 18.2 Å². The number of amides is 1. The second-order valence-electron chi connectivity index (χ2n) is 5.31. The lowest BCUT2D eigenvalue weighted by Crippen LogP contribution is -2.25. The number of ether oxygens (including phenoxy) is 2. The number of benzene rings is 2. The molecule has 7 heteroatoms. The van der Waals surface area contributed by atoms with Gasteiger partial charge in [-0.3, -0.25) is 4.79 Å². The van der Waals surface area contributed by atoms with E-state index in [4.69, 9.17) is 21.1 Å². The van der Waals surface area contributed by atoms with Crippen LogP contribution in [0.1, 0.15) is 11.1 Å². The summed E-state index contributed by atoms with van der Waals surface area (Å²) in [7, 11) is 4.75. The van der Waals surface area contributed by atoms with Crippen molar-refractivity contribution in [1.82, 2.24) is 0 Å². The van der Waals surface area contributed by atoms with Crippen molar-refractivity contribution in [2.45, 2.75) is 0 Å². The molecule has 0 N–H and O–H groups in total. The number of hydrogen-bond acceptors (Lipinski definition) is 5. The van der Waals surface area contributed by atoms with Gasteiger partial charge in [0.25, 0.3) is 5.91 Å². The molecule has 3 rings (SSSR count). The smallest absolute Gasteiger partial charge is 0.279 e. The van der Waals surface area contributed by atoms with Gasteiger partial charge in [-0.1, -0.05) is 29.8 Å². The largest absolute Gasteiger partial charge is 0.493 e. The number of para-hydroxylation sites is 1. The van der Waals surface area contributed by atoms with Crippen LogP contribution in [0, 0.1) is 0 Å². The second kappa shape index (κ2) is 6.94. The Kier molecular flexibility index (Phi) is 4.72. The van der Waals surface area contributed by atoms with E-state index in [0.717, 1.165) is 11.3 Å². The second-order valence-corrected chi connectivity index (χ2v) is 5.72. The van der Waals surface area contributed by atoms with Gasteiger partial charge in [-0.15, -0.1) is 5.10 Å². The lowest BCUT2D eigenvalue weighted by molar-refractivity contribution is -0.111. The van der Waals surface area contributed by atoms with E-state index in [0.29, 0.717) is 27.8 Å². The predicted octanol–water partition coefficient (Wildman–Crippen LogP) is 3.16. The maximum atomic E-state index is 12.3. The van der Waals surface area contributed by atoms with Crippen LogP contribution in [0.3, 0.4) is 0 Å². The van der Waals surface area contributed by atoms with Crippen molar-refractivity contribution in [3.63, 3.8) is 0 Å². The first-order valence-electron chi connectivity index (χ1n) is 7.46. The monoisotopic (exact) mass is 357 g/mol. The highest BCUT2D eigenvalue weighted by molar-refractivity contribution is 6.54. The molecule has 0 atom stereocenters. The van der Waals surface area contributed by atoms with Crippen LogP contribution < -0.4 is 14.4 Å². The fraction of sp³-hybridized carbons (Fsp3) is 0.167. The molecule has 1 heterocycles. The van der Waals surface area contributed by atoms with Crippen LogP contribution in [0.25, 0.3) is 0 Å². The Bertz CT molecular complexity index is 893. The summed E-state index contributed by atoms with van der Waals surface area (Å²) in [6, 6.07) is 10.9. The minimum absolute atomic E-state index is 0.191. The van der Waals surface area contributed by atoms with Crippen LogP contribution in [0.15, 0.2) is 46.6 Å². The Morgan fingerprint density at radius 3 is 2.64 bits per heavy atom. The number of anilines is 1. The molecule has 1 aliphatic heterocycles. The van der Waals surface area contributed by atoms with Crippen LogP contribution in [0.2, 0.25) is 5.02 Å². The number of likely N-dealkylation sites (N-methyl/N-ethyl adjacent to an activating group) is 1. The van der Waals surface area contributed by atoms with E-state index in [1.54, 1.807) is 24.1 Å². The zero-order chi connectivity index (χ0) is 18.0. The average molecular weight is 358 g/mol. The number of fused-ring (bicyclic) bond motifs is 1. The molecule has 0 saturated heterocycles. The number of rotatable bonds is 4. The van der Waals surface area contributed by atoms with Crippen molar-refractivity contribution in [2.75, 3.05) is 26.2 Å². The van der Waals surface area contributed by atoms with Gasteiger partial charge < -0.3 is 14.4 Å². The number of carbonyl (C=O) groups excluding carboxylic acids is 1. The molecule has 0 fully saturated rings. The Labute approximate surface area is 150 Å². The van der Waals surface area contributed by atoms with Gasteiger partial charge in [0.15, 0.2) is 17.2 Å². The molecule has 0 radical (unpaired) electrons. The molecule has 0 unspecified atom stereocenters. The van der Waals surface area contributed by atoms with Crippen LogP contribution in [-0.2, 0) is 4.79 Å². The van der Waals surface area contributed by atoms with Crippen molar-refractivity contribution in [3.05, 3.63) is 52.5 Å². The van der Waals surface area contributed by atoms with Crippen LogP contribution in [0.4, 0.5) is 5.69 Å². The first kappa shape index (κ1) is 17.0. The molecule has 0 aliphatic carbocycles. The summed E-state index contributed by atoms with van der Waals surface area (Å²) >= 11 is 6.17. The van der Waals surface area contributed by atoms with Gasteiger partial charge in [-0.05, 0) is 18.2 Å². The Balaban J connectivity index is 1.92. The van der Waals surface area contributed by atoms with Crippen molar-refractivity contribution in [1.29, 1.82) is 0 Å². The maximum Gasteiger partial charge on any atom is 0.279 e. The van der Waals surface area contributed by atoms with Crippen molar-refractivity contribution in [2.24, 2.45) is 10.2 Å². The molecular weight excluding hydrogens is 342 g/mol. The highest BCUT2D eigenvalue weighted by atomic mass is 35.5. The summed E-state index contributed by atoms with van der Waals surface area (Å²) in [6.07, 6.45) is 1.51. The fourth-order valence-corrected chi connectivity index (χ4v) is 2.91. The van der Waals surface area contributed by atoms with Gasteiger partial charge in [0.2, 0.25) is 0 Å². The number of nitrogens with zero attached hydrogens (tertiary/aromatic N) is 3. The van der Waals surface area contributed by atoms with Gasteiger partial charge >= 0.3 is 0 Å². The van der Waals surface area contributed by atoms with E-state index in [1.807, 2.05) is 24.3 Å². The molecule has 0 aromatic heterocycles. The number of methoxy groups -OCH3 is 2. The third-order valence-electron chi connectivity index (χ3n) is 3.85. The predicted molar refractivity (Wildman–Crippen MR) is 98.5 cm³/mol. The Morgan fingerprint density at radius 2 is 1.92 bits per heavy atom. The fourth-order valence-electron chi connectivity index (χ4n) is 2.61. The van der Waals surface area contributed by atoms with Crippen molar-refractivity contribution < 1.29 is 14.3 Å². The Hall–Kier alpha value is -2.86. The zero-order valence-electron chi connectivity index (χ0n) is 14.0. The lowest BCUT2D eigenvalue weighted by atomic mass is 10.1. The average Bonchev–Trinajstić information content (AvgIpc) is 2.86. The van der Waals surface area contributed by atoms with Gasteiger partial charge in [0.1, 0.15) is 0 Å². The van der Waals surface area contributed by atoms with E-state index in [2.05, 4.69) is 10.2 Å². The molecule has 1 amide bonds. The number of halogens is 1. The third kappa shape index (κ3) is 3.08. The highest BCUT2D eigenvalue weighted by Crippen LogP contribution is 2.35. The molecular formula is C18H16ClN3O3. The molecule has 2 aromatic rings. The summed E-state index contributed by atoms with van der Waals surface area (Å²) in [5, 5.41) is 8.54.